The van der Waals surface area contributed by atoms with E-state index in [1.54, 1.807) is 0 Å². The molecular weight excluding hydrogens is 394 g/mol. The highest BCUT2D eigenvalue weighted by Gasteiger charge is 2.31. The Hall–Kier alpha value is -1.83. The normalized spacial score (nSPS) is 22.1. The quantitative estimate of drug-likeness (QED) is 0.665. The van der Waals surface area contributed by atoms with Gasteiger partial charge in [-0.05, 0) is 38.2 Å². The fraction of sp³-hybridized carbons (Fsp3) is 0.619. The van der Waals surface area contributed by atoms with Crippen LogP contribution in [0.4, 0.5) is 0 Å². The zero-order valence-corrected chi connectivity index (χ0v) is 17.8. The van der Waals surface area contributed by atoms with Crippen LogP contribution in [0.15, 0.2) is 24.3 Å². The SMILES string of the molecule is CCC(NC(=O)[C@@H]1CC[C@H](CN)O1)c1ccccc1OCC(=O)N1CCCC1.Cl. The predicted molar refractivity (Wildman–Crippen MR) is 113 cm³/mol. The van der Waals surface area contributed by atoms with Gasteiger partial charge in [0.05, 0.1) is 12.1 Å². The first kappa shape index (κ1) is 23.4. The van der Waals surface area contributed by atoms with Crippen molar-refractivity contribution in [2.45, 2.75) is 57.3 Å². The first-order valence-corrected chi connectivity index (χ1v) is 10.3. The molecule has 2 saturated heterocycles. The van der Waals surface area contributed by atoms with Gasteiger partial charge in [0.2, 0.25) is 5.91 Å². The van der Waals surface area contributed by atoms with Gasteiger partial charge in [0, 0.05) is 25.2 Å². The molecule has 1 aromatic rings. The molecule has 0 saturated carbocycles. The molecule has 2 heterocycles. The lowest BCUT2D eigenvalue weighted by Gasteiger charge is -2.23. The maximum absolute atomic E-state index is 12.6. The van der Waals surface area contributed by atoms with Gasteiger partial charge in [0.25, 0.3) is 5.91 Å². The van der Waals surface area contributed by atoms with Crippen molar-refractivity contribution in [1.82, 2.24) is 10.2 Å². The van der Waals surface area contributed by atoms with Crippen LogP contribution < -0.4 is 15.8 Å². The maximum Gasteiger partial charge on any atom is 0.260 e. The van der Waals surface area contributed by atoms with E-state index in [2.05, 4.69) is 5.32 Å². The second-order valence-electron chi connectivity index (χ2n) is 7.44. The third-order valence-corrected chi connectivity index (χ3v) is 5.49. The van der Waals surface area contributed by atoms with Crippen LogP contribution in [-0.2, 0) is 14.3 Å². The van der Waals surface area contributed by atoms with E-state index >= 15 is 0 Å². The number of carbonyl (C=O) groups excluding carboxylic acids is 2. The minimum absolute atomic E-state index is 0. The van der Waals surface area contributed by atoms with Gasteiger partial charge < -0.3 is 25.4 Å². The summed E-state index contributed by atoms with van der Waals surface area (Å²) in [5.41, 5.74) is 6.51. The summed E-state index contributed by atoms with van der Waals surface area (Å²) in [6, 6.07) is 7.36. The summed E-state index contributed by atoms with van der Waals surface area (Å²) in [6.45, 7) is 4.08. The van der Waals surface area contributed by atoms with Gasteiger partial charge >= 0.3 is 0 Å². The van der Waals surface area contributed by atoms with E-state index < -0.39 is 6.10 Å². The first-order chi connectivity index (χ1) is 13.6. The topological polar surface area (TPSA) is 93.9 Å². The Morgan fingerprint density at radius 2 is 2.00 bits per heavy atom. The van der Waals surface area contributed by atoms with E-state index in [9.17, 15) is 9.59 Å². The van der Waals surface area contributed by atoms with Crippen LogP contribution in [0.25, 0.3) is 0 Å². The van der Waals surface area contributed by atoms with E-state index in [1.165, 1.54) is 0 Å². The lowest BCUT2D eigenvalue weighted by atomic mass is 10.0. The van der Waals surface area contributed by atoms with Crippen molar-refractivity contribution in [3.8, 4) is 5.75 Å². The number of amides is 2. The average molecular weight is 426 g/mol. The molecule has 7 nitrogen and oxygen atoms in total. The van der Waals surface area contributed by atoms with Gasteiger partial charge in [-0.1, -0.05) is 25.1 Å². The molecule has 2 aliphatic heterocycles. The molecule has 8 heteroatoms. The number of hydrogen-bond acceptors (Lipinski definition) is 5. The number of nitrogens with one attached hydrogen (secondary N) is 1. The zero-order chi connectivity index (χ0) is 19.9. The Morgan fingerprint density at radius 1 is 1.28 bits per heavy atom. The van der Waals surface area contributed by atoms with Crippen molar-refractivity contribution in [2.24, 2.45) is 5.73 Å². The van der Waals surface area contributed by atoms with Gasteiger partial charge in [-0.2, -0.15) is 0 Å². The molecule has 0 bridgehead atoms. The summed E-state index contributed by atoms with van der Waals surface area (Å²) in [5, 5.41) is 3.07. The lowest BCUT2D eigenvalue weighted by molar-refractivity contribution is -0.133. The van der Waals surface area contributed by atoms with E-state index in [4.69, 9.17) is 15.2 Å². The largest absolute Gasteiger partial charge is 0.483 e. The second-order valence-corrected chi connectivity index (χ2v) is 7.44. The van der Waals surface area contributed by atoms with Gasteiger partial charge in [-0.15, -0.1) is 12.4 Å². The minimum atomic E-state index is -0.451. The fourth-order valence-electron chi connectivity index (χ4n) is 3.83. The third kappa shape index (κ3) is 6.07. The first-order valence-electron chi connectivity index (χ1n) is 10.3. The Bertz CT molecular complexity index is 682. The minimum Gasteiger partial charge on any atom is -0.483 e. The zero-order valence-electron chi connectivity index (χ0n) is 17.0. The molecule has 3 N–H and O–H groups in total. The summed E-state index contributed by atoms with van der Waals surface area (Å²) < 4.78 is 11.5. The summed E-state index contributed by atoms with van der Waals surface area (Å²) in [6.07, 6.45) is 3.83. The van der Waals surface area contributed by atoms with Crippen LogP contribution in [0.2, 0.25) is 0 Å². The van der Waals surface area contributed by atoms with Gasteiger partial charge in [0.15, 0.2) is 6.61 Å². The number of halogens is 1. The Labute approximate surface area is 178 Å². The summed E-state index contributed by atoms with van der Waals surface area (Å²) >= 11 is 0. The molecule has 2 amide bonds. The van der Waals surface area contributed by atoms with Crippen molar-refractivity contribution in [1.29, 1.82) is 0 Å². The van der Waals surface area contributed by atoms with E-state index in [1.807, 2.05) is 36.1 Å². The molecule has 1 unspecified atom stereocenters. The van der Waals surface area contributed by atoms with E-state index in [-0.39, 0.29) is 43.0 Å². The fourth-order valence-corrected chi connectivity index (χ4v) is 3.83. The Balaban J connectivity index is 0.00000300. The summed E-state index contributed by atoms with van der Waals surface area (Å²) in [4.78, 5) is 26.7. The molecular formula is C21H32ClN3O4. The average Bonchev–Trinajstić information content (AvgIpc) is 3.42. The second kappa shape index (κ2) is 11.4. The van der Waals surface area contributed by atoms with Crippen LogP contribution in [0.1, 0.15) is 50.6 Å². The molecule has 0 aliphatic carbocycles. The van der Waals surface area contributed by atoms with Gasteiger partial charge in [-0.3, -0.25) is 9.59 Å². The number of likely N-dealkylation sites (tertiary alicyclic amines) is 1. The van der Waals surface area contributed by atoms with Crippen LogP contribution >= 0.6 is 12.4 Å². The standard InChI is InChI=1S/C21H31N3O4.ClH/c1-2-17(23-21(26)19-10-9-15(13-22)28-19)16-7-3-4-8-18(16)27-14-20(25)24-11-5-6-12-24;/h3-4,7-8,15,17,19H,2,5-6,9-14,22H2,1H3,(H,23,26);1H/t15-,17?,19+;/m1./s1. The molecule has 3 rings (SSSR count). The number of para-hydroxylation sites is 1. The molecule has 3 atom stereocenters. The van der Waals surface area contributed by atoms with Crippen molar-refractivity contribution < 1.29 is 19.1 Å². The van der Waals surface area contributed by atoms with E-state index in [0.717, 1.165) is 37.9 Å². The molecule has 29 heavy (non-hydrogen) atoms. The summed E-state index contributed by atoms with van der Waals surface area (Å²) in [5.74, 6) is 0.525. The van der Waals surface area contributed by atoms with Gasteiger partial charge in [-0.25, -0.2) is 0 Å². The number of hydrogen-bond donors (Lipinski definition) is 2. The number of rotatable bonds is 8. The van der Waals surface area contributed by atoms with E-state index in [0.29, 0.717) is 25.1 Å². The van der Waals surface area contributed by atoms with Crippen molar-refractivity contribution in [2.75, 3.05) is 26.2 Å². The number of ether oxygens (including phenoxy) is 2. The molecule has 0 spiro atoms. The van der Waals surface area contributed by atoms with Crippen molar-refractivity contribution in [3.63, 3.8) is 0 Å². The van der Waals surface area contributed by atoms with Crippen LogP contribution in [0, 0.1) is 0 Å². The molecule has 0 aromatic heterocycles. The van der Waals surface area contributed by atoms with Crippen LogP contribution in [-0.4, -0.2) is 55.2 Å². The number of nitrogens with two attached hydrogens (primary N) is 1. The number of nitrogens with zero attached hydrogens (tertiary/aromatic N) is 1. The highest BCUT2D eigenvalue weighted by atomic mass is 35.5. The molecule has 2 fully saturated rings. The third-order valence-electron chi connectivity index (χ3n) is 5.49. The predicted octanol–water partition coefficient (Wildman–Crippen LogP) is 2.18. The Morgan fingerprint density at radius 3 is 2.66 bits per heavy atom. The Kier molecular flexibility index (Phi) is 9.20. The summed E-state index contributed by atoms with van der Waals surface area (Å²) in [7, 11) is 0. The molecule has 1 aromatic carbocycles. The van der Waals surface area contributed by atoms with Gasteiger partial charge in [0.1, 0.15) is 11.9 Å². The molecule has 162 valence electrons. The van der Waals surface area contributed by atoms with Crippen molar-refractivity contribution >= 4 is 24.2 Å². The lowest BCUT2D eigenvalue weighted by Crippen LogP contribution is -2.38. The maximum atomic E-state index is 12.6. The smallest absolute Gasteiger partial charge is 0.260 e. The highest BCUT2D eigenvalue weighted by molar-refractivity contribution is 5.85. The number of benzene rings is 1. The molecule has 0 radical (unpaired) electrons. The monoisotopic (exact) mass is 425 g/mol. The molecule has 2 aliphatic rings. The highest BCUT2D eigenvalue weighted by Crippen LogP contribution is 2.28. The van der Waals surface area contributed by atoms with Crippen LogP contribution in [0.5, 0.6) is 5.75 Å². The van der Waals surface area contributed by atoms with Crippen LogP contribution in [0.3, 0.4) is 0 Å². The van der Waals surface area contributed by atoms with Crippen molar-refractivity contribution in [3.05, 3.63) is 29.8 Å². The number of carbonyl (C=O) groups is 2.